The van der Waals surface area contributed by atoms with Gasteiger partial charge in [0.1, 0.15) is 5.01 Å². The minimum Gasteiger partial charge on any atom is -0.326 e. The second-order valence-corrected chi connectivity index (χ2v) is 7.99. The van der Waals surface area contributed by atoms with Gasteiger partial charge in [-0.1, -0.05) is 12.1 Å². The molecule has 2 aromatic heterocycles. The highest BCUT2D eigenvalue weighted by Gasteiger charge is 2.28. The van der Waals surface area contributed by atoms with Gasteiger partial charge in [0.05, 0.1) is 11.4 Å². The highest BCUT2D eigenvalue weighted by Crippen LogP contribution is 2.34. The number of carbonyl (C=O) groups excluding carboxylic acids is 1. The quantitative estimate of drug-likeness (QED) is 0.742. The van der Waals surface area contributed by atoms with Crippen LogP contribution in [0.4, 0.5) is 5.69 Å². The van der Waals surface area contributed by atoms with Crippen LogP contribution < -0.4 is 5.32 Å². The zero-order valence-electron chi connectivity index (χ0n) is 15.0. The molecule has 1 aliphatic rings. The standard InChI is InChI=1S/C21H21N3OS/c1-13-9-14(2)11-16(10-13)23-20(25)15-6-7-17-19(12-15)26-21(24-17)18-5-3-4-8-22-18/h3-5,8-11,15H,6-7,12H2,1-2H3,(H,23,25). The van der Waals surface area contributed by atoms with Crippen LogP contribution in [0.3, 0.4) is 0 Å². The molecule has 1 N–H and O–H groups in total. The fourth-order valence-electron chi connectivity index (χ4n) is 3.49. The number of anilines is 1. The summed E-state index contributed by atoms with van der Waals surface area (Å²) in [5, 5.41) is 4.05. The molecule has 0 fully saturated rings. The molecule has 2 heterocycles. The molecule has 1 aliphatic carbocycles. The first-order valence-corrected chi connectivity index (χ1v) is 9.69. The number of hydrogen-bond acceptors (Lipinski definition) is 4. The van der Waals surface area contributed by atoms with Crippen molar-refractivity contribution in [2.75, 3.05) is 5.32 Å². The molecule has 0 saturated carbocycles. The minimum absolute atomic E-state index is 0.000325. The lowest BCUT2D eigenvalue weighted by Crippen LogP contribution is -2.27. The number of aromatic nitrogens is 2. The van der Waals surface area contributed by atoms with E-state index in [0.717, 1.165) is 52.5 Å². The predicted molar refractivity (Wildman–Crippen MR) is 105 cm³/mol. The molecule has 0 bridgehead atoms. The van der Waals surface area contributed by atoms with E-state index in [9.17, 15) is 4.79 Å². The Balaban J connectivity index is 1.49. The van der Waals surface area contributed by atoms with Crippen LogP contribution in [0.25, 0.3) is 10.7 Å². The Hall–Kier alpha value is -2.53. The van der Waals surface area contributed by atoms with Crippen molar-refractivity contribution < 1.29 is 4.79 Å². The lowest BCUT2D eigenvalue weighted by atomic mass is 9.90. The van der Waals surface area contributed by atoms with Crippen LogP contribution in [0.2, 0.25) is 0 Å². The molecule has 1 atom stereocenters. The molecule has 1 aromatic carbocycles. The Kier molecular flexibility index (Phi) is 4.55. The summed E-state index contributed by atoms with van der Waals surface area (Å²) in [6, 6.07) is 12.0. The largest absolute Gasteiger partial charge is 0.326 e. The molecule has 1 unspecified atom stereocenters. The molecule has 132 valence electrons. The number of rotatable bonds is 3. The summed E-state index contributed by atoms with van der Waals surface area (Å²) in [5.41, 5.74) is 5.24. The number of pyridine rings is 1. The fourth-order valence-corrected chi connectivity index (χ4v) is 4.65. The van der Waals surface area contributed by atoms with E-state index in [1.807, 2.05) is 44.2 Å². The second kappa shape index (κ2) is 7.00. The molecule has 1 amide bonds. The number of benzene rings is 1. The van der Waals surface area contributed by atoms with Crippen LogP contribution in [0.5, 0.6) is 0 Å². The van der Waals surface area contributed by atoms with E-state index in [0.29, 0.717) is 0 Å². The number of nitrogens with zero attached hydrogens (tertiary/aromatic N) is 2. The Morgan fingerprint density at radius 1 is 1.19 bits per heavy atom. The third-order valence-corrected chi connectivity index (χ3v) is 5.83. The molecule has 0 spiro atoms. The van der Waals surface area contributed by atoms with Crippen molar-refractivity contribution in [1.82, 2.24) is 9.97 Å². The van der Waals surface area contributed by atoms with E-state index in [1.54, 1.807) is 17.5 Å². The van der Waals surface area contributed by atoms with Gasteiger partial charge in [-0.3, -0.25) is 9.78 Å². The summed E-state index contributed by atoms with van der Waals surface area (Å²) < 4.78 is 0. The average molecular weight is 363 g/mol. The van der Waals surface area contributed by atoms with E-state index >= 15 is 0 Å². The highest BCUT2D eigenvalue weighted by molar-refractivity contribution is 7.15. The van der Waals surface area contributed by atoms with E-state index in [4.69, 9.17) is 4.98 Å². The van der Waals surface area contributed by atoms with Crippen molar-refractivity contribution in [2.45, 2.75) is 33.1 Å². The second-order valence-electron chi connectivity index (χ2n) is 6.91. The lowest BCUT2D eigenvalue weighted by Gasteiger charge is -2.20. The van der Waals surface area contributed by atoms with Gasteiger partial charge in [-0.2, -0.15) is 0 Å². The average Bonchev–Trinajstić information content (AvgIpc) is 3.05. The van der Waals surface area contributed by atoms with Crippen molar-refractivity contribution in [3.8, 4) is 10.7 Å². The van der Waals surface area contributed by atoms with E-state index in [1.165, 1.54) is 4.88 Å². The van der Waals surface area contributed by atoms with Gasteiger partial charge in [0.2, 0.25) is 5.91 Å². The predicted octanol–water partition coefficient (Wildman–Crippen LogP) is 4.57. The highest BCUT2D eigenvalue weighted by atomic mass is 32.1. The third kappa shape index (κ3) is 3.53. The number of thiazole rings is 1. The smallest absolute Gasteiger partial charge is 0.227 e. The number of hydrogen-bond donors (Lipinski definition) is 1. The van der Waals surface area contributed by atoms with Crippen molar-refractivity contribution in [1.29, 1.82) is 0 Å². The van der Waals surface area contributed by atoms with Crippen LogP contribution in [0.1, 0.15) is 28.1 Å². The summed E-state index contributed by atoms with van der Waals surface area (Å²) in [6.07, 6.45) is 4.24. The molecular weight excluding hydrogens is 342 g/mol. The Bertz CT molecular complexity index is 929. The van der Waals surface area contributed by atoms with E-state index in [-0.39, 0.29) is 11.8 Å². The molecular formula is C21H21N3OS. The summed E-state index contributed by atoms with van der Waals surface area (Å²) in [7, 11) is 0. The molecule has 0 radical (unpaired) electrons. The topological polar surface area (TPSA) is 54.9 Å². The minimum atomic E-state index is 0.000325. The SMILES string of the molecule is Cc1cc(C)cc(NC(=O)C2CCc3nc(-c4ccccn4)sc3C2)c1. The normalized spacial score (nSPS) is 16.2. The van der Waals surface area contributed by atoms with Gasteiger partial charge in [-0.25, -0.2) is 4.98 Å². The van der Waals surface area contributed by atoms with Gasteiger partial charge in [0.25, 0.3) is 0 Å². The number of carbonyl (C=O) groups is 1. The maximum absolute atomic E-state index is 12.7. The summed E-state index contributed by atoms with van der Waals surface area (Å²) in [4.78, 5) is 23.1. The van der Waals surface area contributed by atoms with E-state index < -0.39 is 0 Å². The molecule has 4 nitrogen and oxygen atoms in total. The summed E-state index contributed by atoms with van der Waals surface area (Å²) >= 11 is 1.67. The zero-order chi connectivity index (χ0) is 18.1. The van der Waals surface area contributed by atoms with Crippen LogP contribution in [0, 0.1) is 19.8 Å². The van der Waals surface area contributed by atoms with Crippen LogP contribution in [-0.2, 0) is 17.6 Å². The maximum atomic E-state index is 12.7. The Labute approximate surface area is 157 Å². The van der Waals surface area contributed by atoms with E-state index in [2.05, 4.69) is 16.4 Å². The number of fused-ring (bicyclic) bond motifs is 1. The Morgan fingerprint density at radius 2 is 2.00 bits per heavy atom. The van der Waals surface area contributed by atoms with Gasteiger partial charge in [-0.05, 0) is 68.5 Å². The van der Waals surface area contributed by atoms with Crippen molar-refractivity contribution in [2.24, 2.45) is 5.92 Å². The molecule has 26 heavy (non-hydrogen) atoms. The van der Waals surface area contributed by atoms with Gasteiger partial charge in [0, 0.05) is 22.7 Å². The van der Waals surface area contributed by atoms with Gasteiger partial charge >= 0.3 is 0 Å². The molecule has 0 saturated heterocycles. The first-order valence-electron chi connectivity index (χ1n) is 8.87. The maximum Gasteiger partial charge on any atom is 0.227 e. The van der Waals surface area contributed by atoms with Crippen LogP contribution in [0.15, 0.2) is 42.6 Å². The van der Waals surface area contributed by atoms with Gasteiger partial charge < -0.3 is 5.32 Å². The van der Waals surface area contributed by atoms with Crippen molar-refractivity contribution >= 4 is 22.9 Å². The zero-order valence-corrected chi connectivity index (χ0v) is 15.8. The first-order chi connectivity index (χ1) is 12.6. The van der Waals surface area contributed by atoms with Crippen LogP contribution in [-0.4, -0.2) is 15.9 Å². The fraction of sp³-hybridized carbons (Fsp3) is 0.286. The third-order valence-electron chi connectivity index (χ3n) is 4.68. The number of nitrogens with one attached hydrogen (secondary N) is 1. The van der Waals surface area contributed by atoms with Gasteiger partial charge in [0.15, 0.2) is 0 Å². The summed E-state index contributed by atoms with van der Waals surface area (Å²) in [6.45, 7) is 4.10. The monoisotopic (exact) mass is 363 g/mol. The van der Waals surface area contributed by atoms with Crippen molar-refractivity contribution in [3.63, 3.8) is 0 Å². The Morgan fingerprint density at radius 3 is 2.73 bits per heavy atom. The van der Waals surface area contributed by atoms with Crippen LogP contribution >= 0.6 is 11.3 Å². The number of amides is 1. The first kappa shape index (κ1) is 16.9. The molecule has 0 aliphatic heterocycles. The summed E-state index contributed by atoms with van der Waals surface area (Å²) in [5.74, 6) is 0.105. The lowest BCUT2D eigenvalue weighted by molar-refractivity contribution is -0.120. The number of aryl methyl sites for hydroxylation is 3. The molecule has 3 aromatic rings. The van der Waals surface area contributed by atoms with Crippen molar-refractivity contribution in [3.05, 3.63) is 64.3 Å². The molecule has 4 rings (SSSR count). The van der Waals surface area contributed by atoms with Gasteiger partial charge in [-0.15, -0.1) is 11.3 Å². The molecule has 5 heteroatoms.